The fourth-order valence-corrected chi connectivity index (χ4v) is 1.40. The van der Waals surface area contributed by atoms with Crippen LogP contribution in [-0.2, 0) is 0 Å². The van der Waals surface area contributed by atoms with Crippen LogP contribution in [0.25, 0.3) is 0 Å². The molecule has 0 unspecified atom stereocenters. The van der Waals surface area contributed by atoms with E-state index < -0.39 is 0 Å². The van der Waals surface area contributed by atoms with Gasteiger partial charge in [0.05, 0.1) is 6.10 Å². The van der Waals surface area contributed by atoms with E-state index in [4.69, 9.17) is 9.84 Å². The summed E-state index contributed by atoms with van der Waals surface area (Å²) in [5.41, 5.74) is -0.210. The predicted octanol–water partition coefficient (Wildman–Crippen LogP) is 1.84. The first-order chi connectivity index (χ1) is 7.93. The second-order valence-corrected chi connectivity index (χ2v) is 4.89. The molecular formula is C12H21N3O2. The predicted molar refractivity (Wildman–Crippen MR) is 67.2 cm³/mol. The van der Waals surface area contributed by atoms with E-state index in [2.05, 4.69) is 15.3 Å². The number of hydrogen-bond donors (Lipinski definition) is 2. The van der Waals surface area contributed by atoms with Crippen molar-refractivity contribution in [3.8, 4) is 5.88 Å². The molecule has 0 atom stereocenters. The fourth-order valence-electron chi connectivity index (χ4n) is 1.40. The van der Waals surface area contributed by atoms with Gasteiger partial charge < -0.3 is 15.2 Å². The molecule has 0 aromatic carbocycles. The van der Waals surface area contributed by atoms with Crippen LogP contribution in [0.2, 0.25) is 0 Å². The molecule has 0 spiro atoms. The molecule has 0 aliphatic heterocycles. The molecule has 0 aliphatic carbocycles. The van der Waals surface area contributed by atoms with Crippen LogP contribution < -0.4 is 10.1 Å². The Bertz CT molecular complexity index is 353. The summed E-state index contributed by atoms with van der Waals surface area (Å²) in [7, 11) is 0. The van der Waals surface area contributed by atoms with Gasteiger partial charge in [-0.1, -0.05) is 0 Å². The Hall–Kier alpha value is -1.36. The Morgan fingerprint density at radius 2 is 2.12 bits per heavy atom. The summed E-state index contributed by atoms with van der Waals surface area (Å²) in [6.45, 7) is 8.05. The fraction of sp³-hybridized carbons (Fsp3) is 0.667. The van der Waals surface area contributed by atoms with Gasteiger partial charge in [-0.15, -0.1) is 0 Å². The highest BCUT2D eigenvalue weighted by Crippen LogP contribution is 2.18. The van der Waals surface area contributed by atoms with E-state index in [1.54, 1.807) is 6.07 Å². The van der Waals surface area contributed by atoms with Crippen molar-refractivity contribution < 1.29 is 9.84 Å². The van der Waals surface area contributed by atoms with Crippen molar-refractivity contribution in [3.05, 3.63) is 12.4 Å². The smallest absolute Gasteiger partial charge is 0.218 e. The molecule has 0 saturated carbocycles. The van der Waals surface area contributed by atoms with Crippen molar-refractivity contribution in [2.45, 2.75) is 45.8 Å². The van der Waals surface area contributed by atoms with Crippen LogP contribution in [0, 0.1) is 0 Å². The van der Waals surface area contributed by atoms with Gasteiger partial charge in [-0.25, -0.2) is 9.97 Å². The number of nitrogens with one attached hydrogen (secondary N) is 1. The molecule has 1 heterocycles. The maximum atomic E-state index is 8.96. The van der Waals surface area contributed by atoms with Crippen LogP contribution in [0.3, 0.4) is 0 Å². The summed E-state index contributed by atoms with van der Waals surface area (Å²) >= 11 is 0. The SMILES string of the molecule is CC(C)Oc1cc(NC(C)(C)CCO)ncn1. The lowest BCUT2D eigenvalue weighted by molar-refractivity contribution is 0.232. The molecule has 0 bridgehead atoms. The Balaban J connectivity index is 2.71. The van der Waals surface area contributed by atoms with E-state index in [1.807, 2.05) is 27.7 Å². The monoisotopic (exact) mass is 239 g/mol. The quantitative estimate of drug-likeness (QED) is 0.792. The number of ether oxygens (including phenoxy) is 1. The number of aliphatic hydroxyl groups is 1. The molecule has 5 nitrogen and oxygen atoms in total. The minimum absolute atomic E-state index is 0.0863. The molecule has 0 amide bonds. The Morgan fingerprint density at radius 1 is 1.41 bits per heavy atom. The van der Waals surface area contributed by atoms with Crippen LogP contribution >= 0.6 is 0 Å². The first-order valence-corrected chi connectivity index (χ1v) is 5.81. The van der Waals surface area contributed by atoms with Crippen molar-refractivity contribution in [1.29, 1.82) is 0 Å². The topological polar surface area (TPSA) is 67.3 Å². The zero-order valence-electron chi connectivity index (χ0n) is 10.9. The molecule has 17 heavy (non-hydrogen) atoms. The van der Waals surface area contributed by atoms with Gasteiger partial charge >= 0.3 is 0 Å². The van der Waals surface area contributed by atoms with E-state index in [9.17, 15) is 0 Å². The number of anilines is 1. The van der Waals surface area contributed by atoms with E-state index in [0.29, 0.717) is 18.1 Å². The molecule has 0 saturated heterocycles. The van der Waals surface area contributed by atoms with Gasteiger partial charge in [0.1, 0.15) is 12.1 Å². The summed E-state index contributed by atoms with van der Waals surface area (Å²) in [5, 5.41) is 12.2. The highest BCUT2D eigenvalue weighted by molar-refractivity contribution is 5.39. The molecule has 1 aromatic heterocycles. The second kappa shape index (κ2) is 5.82. The van der Waals surface area contributed by atoms with Gasteiger partial charge in [0, 0.05) is 18.2 Å². The van der Waals surface area contributed by atoms with Gasteiger partial charge in [0.25, 0.3) is 0 Å². The van der Waals surface area contributed by atoms with Gasteiger partial charge in [-0.2, -0.15) is 0 Å². The second-order valence-electron chi connectivity index (χ2n) is 4.89. The first-order valence-electron chi connectivity index (χ1n) is 5.81. The van der Waals surface area contributed by atoms with Crippen LogP contribution in [0.4, 0.5) is 5.82 Å². The maximum absolute atomic E-state index is 8.96. The molecule has 0 aliphatic rings. The van der Waals surface area contributed by atoms with Crippen LogP contribution in [0.15, 0.2) is 12.4 Å². The Labute approximate surface area is 102 Å². The molecule has 1 rings (SSSR count). The zero-order valence-corrected chi connectivity index (χ0v) is 10.9. The van der Waals surface area contributed by atoms with E-state index in [-0.39, 0.29) is 18.2 Å². The number of aromatic nitrogens is 2. The highest BCUT2D eigenvalue weighted by atomic mass is 16.5. The third-order valence-electron chi connectivity index (χ3n) is 2.20. The molecule has 2 N–H and O–H groups in total. The van der Waals surface area contributed by atoms with Gasteiger partial charge in [-0.3, -0.25) is 0 Å². The van der Waals surface area contributed by atoms with Crippen LogP contribution in [0.1, 0.15) is 34.1 Å². The minimum atomic E-state index is -0.210. The third-order valence-corrected chi connectivity index (χ3v) is 2.20. The van der Waals surface area contributed by atoms with E-state index in [0.717, 1.165) is 0 Å². The largest absolute Gasteiger partial charge is 0.475 e. The number of rotatable bonds is 6. The lowest BCUT2D eigenvalue weighted by atomic mass is 10.0. The number of nitrogens with zero attached hydrogens (tertiary/aromatic N) is 2. The summed E-state index contributed by atoms with van der Waals surface area (Å²) in [6, 6.07) is 1.76. The summed E-state index contributed by atoms with van der Waals surface area (Å²) in [5.74, 6) is 1.26. The molecule has 96 valence electrons. The zero-order chi connectivity index (χ0) is 12.9. The molecule has 0 radical (unpaired) electrons. The summed E-state index contributed by atoms with van der Waals surface area (Å²) in [6.07, 6.45) is 2.20. The minimum Gasteiger partial charge on any atom is -0.475 e. The summed E-state index contributed by atoms with van der Waals surface area (Å²) in [4.78, 5) is 8.16. The van der Waals surface area contributed by atoms with Gasteiger partial charge in [0.2, 0.25) is 5.88 Å². The average molecular weight is 239 g/mol. The summed E-state index contributed by atoms with van der Waals surface area (Å²) < 4.78 is 5.49. The molecule has 5 heteroatoms. The Morgan fingerprint density at radius 3 is 2.71 bits per heavy atom. The molecular weight excluding hydrogens is 218 g/mol. The lowest BCUT2D eigenvalue weighted by Gasteiger charge is -2.26. The number of hydrogen-bond acceptors (Lipinski definition) is 5. The average Bonchev–Trinajstić information content (AvgIpc) is 2.15. The maximum Gasteiger partial charge on any atom is 0.218 e. The number of aliphatic hydroxyl groups excluding tert-OH is 1. The van der Waals surface area contributed by atoms with Crippen molar-refractivity contribution in [3.63, 3.8) is 0 Å². The van der Waals surface area contributed by atoms with E-state index in [1.165, 1.54) is 6.33 Å². The van der Waals surface area contributed by atoms with Gasteiger partial charge in [0.15, 0.2) is 0 Å². The van der Waals surface area contributed by atoms with Crippen molar-refractivity contribution >= 4 is 5.82 Å². The van der Waals surface area contributed by atoms with Crippen molar-refractivity contribution in [2.75, 3.05) is 11.9 Å². The lowest BCUT2D eigenvalue weighted by Crippen LogP contribution is -2.32. The molecule has 1 aromatic rings. The van der Waals surface area contributed by atoms with Crippen LogP contribution in [0.5, 0.6) is 5.88 Å². The molecule has 0 fully saturated rings. The van der Waals surface area contributed by atoms with Crippen LogP contribution in [-0.4, -0.2) is 33.3 Å². The Kier molecular flexibility index (Phi) is 4.69. The van der Waals surface area contributed by atoms with Crippen molar-refractivity contribution in [2.24, 2.45) is 0 Å². The van der Waals surface area contributed by atoms with Crippen molar-refractivity contribution in [1.82, 2.24) is 9.97 Å². The van der Waals surface area contributed by atoms with E-state index >= 15 is 0 Å². The van der Waals surface area contributed by atoms with Gasteiger partial charge in [-0.05, 0) is 34.1 Å². The first kappa shape index (κ1) is 13.7. The normalized spacial score (nSPS) is 11.6. The third kappa shape index (κ3) is 4.99. The standard InChI is InChI=1S/C12H21N3O2/c1-9(2)17-11-7-10(13-8-14-11)15-12(3,4)5-6-16/h7-9,16H,5-6H2,1-4H3,(H,13,14,15). The highest BCUT2D eigenvalue weighted by Gasteiger charge is 2.17.